The van der Waals surface area contributed by atoms with E-state index in [4.69, 9.17) is 4.74 Å². The standard InChI is InChI=1S/C26H34N2O3/c1-3-4-18-31-26(30)23-15-9-8-14-22(23)19-25(29)27(2)24(20-28-16-10-11-17-28)21-12-6-5-7-13-21/h5-9,12-15,24H,3-4,10-11,16-20H2,1-2H3. The Hall–Kier alpha value is -2.66. The van der Waals surface area contributed by atoms with Crippen molar-refractivity contribution in [3.63, 3.8) is 0 Å². The van der Waals surface area contributed by atoms with Crippen LogP contribution in [-0.2, 0) is 16.0 Å². The first-order valence-corrected chi connectivity index (χ1v) is 11.4. The van der Waals surface area contributed by atoms with Crippen molar-refractivity contribution in [2.45, 2.75) is 45.1 Å². The van der Waals surface area contributed by atoms with Gasteiger partial charge in [0, 0.05) is 13.6 Å². The van der Waals surface area contributed by atoms with E-state index in [9.17, 15) is 9.59 Å². The van der Waals surface area contributed by atoms with Crippen molar-refractivity contribution in [3.8, 4) is 0 Å². The zero-order valence-corrected chi connectivity index (χ0v) is 18.8. The maximum Gasteiger partial charge on any atom is 0.338 e. The van der Waals surface area contributed by atoms with Crippen molar-refractivity contribution in [1.29, 1.82) is 0 Å². The molecule has 0 bridgehead atoms. The van der Waals surface area contributed by atoms with Crippen molar-refractivity contribution in [1.82, 2.24) is 9.80 Å². The quantitative estimate of drug-likeness (QED) is 0.418. The van der Waals surface area contributed by atoms with Crippen LogP contribution in [0.25, 0.3) is 0 Å². The van der Waals surface area contributed by atoms with Crippen molar-refractivity contribution >= 4 is 11.9 Å². The molecule has 0 aliphatic carbocycles. The Kier molecular flexibility index (Phi) is 8.65. The van der Waals surface area contributed by atoms with Gasteiger partial charge in [0.05, 0.1) is 24.6 Å². The predicted octanol–water partition coefficient (Wildman–Crippen LogP) is 4.48. The van der Waals surface area contributed by atoms with E-state index in [0.29, 0.717) is 17.7 Å². The molecule has 0 spiro atoms. The van der Waals surface area contributed by atoms with Crippen LogP contribution in [0.2, 0.25) is 0 Å². The summed E-state index contributed by atoms with van der Waals surface area (Å²) in [5, 5.41) is 0. The molecule has 0 radical (unpaired) electrons. The molecule has 1 saturated heterocycles. The molecule has 5 nitrogen and oxygen atoms in total. The highest BCUT2D eigenvalue weighted by atomic mass is 16.5. The third kappa shape index (κ3) is 6.41. The van der Waals surface area contributed by atoms with Gasteiger partial charge in [-0.15, -0.1) is 0 Å². The smallest absolute Gasteiger partial charge is 0.338 e. The number of likely N-dealkylation sites (tertiary alicyclic amines) is 1. The average Bonchev–Trinajstić information content (AvgIpc) is 3.31. The molecule has 31 heavy (non-hydrogen) atoms. The molecule has 0 saturated carbocycles. The maximum atomic E-state index is 13.3. The Bertz CT molecular complexity index is 847. The zero-order valence-electron chi connectivity index (χ0n) is 18.8. The molecule has 166 valence electrons. The Morgan fingerprint density at radius 1 is 1.03 bits per heavy atom. The molecule has 1 unspecified atom stereocenters. The van der Waals surface area contributed by atoms with Crippen LogP contribution in [0.4, 0.5) is 0 Å². The second-order valence-corrected chi connectivity index (χ2v) is 8.26. The predicted molar refractivity (Wildman–Crippen MR) is 123 cm³/mol. The van der Waals surface area contributed by atoms with Crippen molar-refractivity contribution in [2.75, 3.05) is 33.3 Å². The number of likely N-dealkylation sites (N-methyl/N-ethyl adjacent to an activating group) is 1. The maximum absolute atomic E-state index is 13.3. The lowest BCUT2D eigenvalue weighted by Gasteiger charge is -2.32. The van der Waals surface area contributed by atoms with Gasteiger partial charge in [-0.3, -0.25) is 4.79 Å². The SMILES string of the molecule is CCCCOC(=O)c1ccccc1CC(=O)N(C)C(CN1CCCC1)c1ccccc1. The van der Waals surface area contributed by atoms with Gasteiger partial charge in [-0.2, -0.15) is 0 Å². The summed E-state index contributed by atoms with van der Waals surface area (Å²) in [5.74, 6) is -0.349. The van der Waals surface area contributed by atoms with Crippen molar-refractivity contribution < 1.29 is 14.3 Å². The lowest BCUT2D eigenvalue weighted by atomic mass is 10.0. The molecule has 0 aromatic heterocycles. The van der Waals surface area contributed by atoms with Gasteiger partial charge in [-0.25, -0.2) is 4.79 Å². The van der Waals surface area contributed by atoms with Crippen LogP contribution in [0.1, 0.15) is 60.1 Å². The van der Waals surface area contributed by atoms with Gasteiger partial charge in [0.2, 0.25) is 5.91 Å². The number of esters is 1. The highest BCUT2D eigenvalue weighted by molar-refractivity contribution is 5.93. The summed E-state index contributed by atoms with van der Waals surface area (Å²) >= 11 is 0. The van der Waals surface area contributed by atoms with E-state index in [1.165, 1.54) is 12.8 Å². The first kappa shape index (κ1) is 23.0. The summed E-state index contributed by atoms with van der Waals surface area (Å²) in [7, 11) is 1.87. The third-order valence-electron chi connectivity index (χ3n) is 5.99. The van der Waals surface area contributed by atoms with Crippen LogP contribution in [0.3, 0.4) is 0 Å². The summed E-state index contributed by atoms with van der Waals surface area (Å²) < 4.78 is 5.39. The molecular formula is C26H34N2O3. The van der Waals surface area contributed by atoms with Crippen molar-refractivity contribution in [3.05, 3.63) is 71.3 Å². The Morgan fingerprint density at radius 3 is 2.42 bits per heavy atom. The number of nitrogens with zero attached hydrogens (tertiary/aromatic N) is 2. The summed E-state index contributed by atoms with van der Waals surface area (Å²) in [4.78, 5) is 30.1. The second kappa shape index (κ2) is 11.7. The average molecular weight is 423 g/mol. The Balaban J connectivity index is 1.74. The van der Waals surface area contributed by atoms with Crippen LogP contribution in [0.15, 0.2) is 54.6 Å². The molecule has 1 heterocycles. The molecule has 0 N–H and O–H groups in total. The number of amides is 1. The molecule has 1 amide bonds. The van der Waals surface area contributed by atoms with E-state index >= 15 is 0 Å². The minimum Gasteiger partial charge on any atom is -0.462 e. The summed E-state index contributed by atoms with van der Waals surface area (Å²) in [6.45, 7) is 5.45. The van der Waals surface area contributed by atoms with Gasteiger partial charge in [0.1, 0.15) is 0 Å². The van der Waals surface area contributed by atoms with Gasteiger partial charge in [-0.05, 0) is 49.5 Å². The Labute approximate surface area is 186 Å². The van der Waals surface area contributed by atoms with Crippen LogP contribution in [0.5, 0.6) is 0 Å². The van der Waals surface area contributed by atoms with E-state index in [-0.39, 0.29) is 24.3 Å². The molecule has 2 aromatic rings. The fourth-order valence-corrected chi connectivity index (χ4v) is 4.06. The fraction of sp³-hybridized carbons (Fsp3) is 0.462. The third-order valence-corrected chi connectivity index (χ3v) is 5.99. The van der Waals surface area contributed by atoms with E-state index in [2.05, 4.69) is 24.0 Å². The van der Waals surface area contributed by atoms with E-state index in [0.717, 1.165) is 38.0 Å². The molecule has 1 fully saturated rings. The number of hydrogen-bond donors (Lipinski definition) is 0. The van der Waals surface area contributed by atoms with Gasteiger partial charge >= 0.3 is 5.97 Å². The lowest BCUT2D eigenvalue weighted by molar-refractivity contribution is -0.131. The van der Waals surface area contributed by atoms with Gasteiger partial charge in [-0.1, -0.05) is 61.9 Å². The van der Waals surface area contributed by atoms with E-state index in [1.54, 1.807) is 6.07 Å². The van der Waals surface area contributed by atoms with E-state index in [1.807, 2.05) is 48.3 Å². The van der Waals surface area contributed by atoms with Crippen molar-refractivity contribution in [2.24, 2.45) is 0 Å². The topological polar surface area (TPSA) is 49.9 Å². The number of benzene rings is 2. The van der Waals surface area contributed by atoms with E-state index < -0.39 is 0 Å². The molecule has 5 heteroatoms. The Morgan fingerprint density at radius 2 is 1.71 bits per heavy atom. The number of rotatable bonds is 10. The number of unbranched alkanes of at least 4 members (excludes halogenated alkanes) is 1. The summed E-state index contributed by atoms with van der Waals surface area (Å²) in [5.41, 5.74) is 2.34. The zero-order chi connectivity index (χ0) is 22.1. The number of carbonyl (C=O) groups is 2. The van der Waals surface area contributed by atoms with Gasteiger partial charge < -0.3 is 14.5 Å². The van der Waals surface area contributed by atoms with Crippen LogP contribution in [-0.4, -0.2) is 55.0 Å². The fourth-order valence-electron chi connectivity index (χ4n) is 4.06. The molecule has 1 aliphatic rings. The highest BCUT2D eigenvalue weighted by Crippen LogP contribution is 2.24. The van der Waals surface area contributed by atoms with Gasteiger partial charge in [0.15, 0.2) is 0 Å². The number of carbonyl (C=O) groups excluding carboxylic acids is 2. The van der Waals surface area contributed by atoms with Crippen LogP contribution < -0.4 is 0 Å². The largest absolute Gasteiger partial charge is 0.462 e. The molecule has 2 aromatic carbocycles. The minimum absolute atomic E-state index is 0.00172. The molecular weight excluding hydrogens is 388 g/mol. The highest BCUT2D eigenvalue weighted by Gasteiger charge is 2.26. The number of hydrogen-bond acceptors (Lipinski definition) is 4. The minimum atomic E-state index is -0.351. The lowest BCUT2D eigenvalue weighted by Crippen LogP contribution is -2.39. The molecule has 3 rings (SSSR count). The number of ether oxygens (including phenoxy) is 1. The summed E-state index contributed by atoms with van der Waals surface area (Å²) in [6, 6.07) is 17.5. The monoisotopic (exact) mass is 422 g/mol. The van der Waals surface area contributed by atoms with Crippen LogP contribution >= 0.6 is 0 Å². The normalized spacial score (nSPS) is 14.9. The second-order valence-electron chi connectivity index (χ2n) is 8.26. The molecule has 1 atom stereocenters. The first-order chi connectivity index (χ1) is 15.1. The van der Waals surface area contributed by atoms with Gasteiger partial charge in [0.25, 0.3) is 0 Å². The first-order valence-electron chi connectivity index (χ1n) is 11.4. The summed E-state index contributed by atoms with van der Waals surface area (Å²) in [6.07, 6.45) is 4.42. The molecule has 1 aliphatic heterocycles. The van der Waals surface area contributed by atoms with Crippen LogP contribution in [0, 0.1) is 0 Å².